The lowest BCUT2D eigenvalue weighted by atomic mass is 9.99. The molecular weight excluding hydrogens is 410 g/mol. The van der Waals surface area contributed by atoms with E-state index in [-0.39, 0.29) is 18.2 Å². The number of nitrogens with zero attached hydrogens (tertiary/aromatic N) is 1. The van der Waals surface area contributed by atoms with E-state index in [1.54, 1.807) is 0 Å². The zero-order valence-electron chi connectivity index (χ0n) is 19.8. The lowest BCUT2D eigenvalue weighted by molar-refractivity contribution is -0.162. The molecule has 0 aromatic heterocycles. The van der Waals surface area contributed by atoms with Crippen LogP contribution in [0.3, 0.4) is 0 Å². The third-order valence-corrected chi connectivity index (χ3v) is 6.56. The van der Waals surface area contributed by atoms with Crippen molar-refractivity contribution in [3.63, 3.8) is 0 Å². The van der Waals surface area contributed by atoms with Crippen LogP contribution < -0.4 is 9.64 Å². The Kier molecular flexibility index (Phi) is 7.02. The monoisotopic (exact) mass is 443 g/mol. The lowest BCUT2D eigenvalue weighted by Gasteiger charge is -2.28. The average molecular weight is 444 g/mol. The van der Waals surface area contributed by atoms with Gasteiger partial charge in [-0.05, 0) is 93.5 Å². The van der Waals surface area contributed by atoms with E-state index in [1.807, 2.05) is 50.2 Å². The molecular formula is C29H33NO3. The Bertz CT molecular complexity index is 1010. The number of carbonyl (C=O) groups is 1. The molecule has 3 aromatic rings. The molecule has 4 nitrogen and oxygen atoms in total. The molecule has 4 rings (SSSR count). The quantitative estimate of drug-likeness (QED) is 0.340. The number of anilines is 3. The summed E-state index contributed by atoms with van der Waals surface area (Å²) in [4.78, 5) is 14.8. The molecule has 0 radical (unpaired) electrons. The van der Waals surface area contributed by atoms with E-state index in [1.165, 1.54) is 0 Å². The number of benzene rings is 3. The summed E-state index contributed by atoms with van der Waals surface area (Å²) in [7, 11) is 0. The van der Waals surface area contributed by atoms with Gasteiger partial charge in [0.1, 0.15) is 11.4 Å². The van der Waals surface area contributed by atoms with Gasteiger partial charge in [-0.25, -0.2) is 4.79 Å². The van der Waals surface area contributed by atoms with E-state index in [9.17, 15) is 4.79 Å². The fourth-order valence-electron chi connectivity index (χ4n) is 4.83. The van der Waals surface area contributed by atoms with Crippen molar-refractivity contribution >= 4 is 23.0 Å². The summed E-state index contributed by atoms with van der Waals surface area (Å²) in [6, 6.07) is 24.8. The fraction of sp³-hybridized carbons (Fsp3) is 0.345. The average Bonchev–Trinajstić information content (AvgIpc) is 3.29. The summed E-state index contributed by atoms with van der Waals surface area (Å²) in [5, 5.41) is 0. The second-order valence-electron chi connectivity index (χ2n) is 8.92. The van der Waals surface area contributed by atoms with Crippen molar-refractivity contribution < 1.29 is 14.3 Å². The molecule has 0 unspecified atom stereocenters. The van der Waals surface area contributed by atoms with E-state index >= 15 is 0 Å². The van der Waals surface area contributed by atoms with Gasteiger partial charge < -0.3 is 14.4 Å². The largest absolute Gasteiger partial charge is 0.481 e. The molecule has 0 bridgehead atoms. The molecule has 1 aliphatic rings. The van der Waals surface area contributed by atoms with E-state index in [2.05, 4.69) is 48.2 Å². The van der Waals surface area contributed by atoms with Gasteiger partial charge in [0.15, 0.2) is 6.61 Å². The van der Waals surface area contributed by atoms with Gasteiger partial charge in [-0.15, -0.1) is 0 Å². The van der Waals surface area contributed by atoms with Crippen LogP contribution in [0.25, 0.3) is 0 Å². The summed E-state index contributed by atoms with van der Waals surface area (Å²) in [6.45, 7) is 6.08. The van der Waals surface area contributed by atoms with Crippen molar-refractivity contribution in [3.05, 3.63) is 83.9 Å². The highest BCUT2D eigenvalue weighted by Crippen LogP contribution is 2.38. The molecule has 33 heavy (non-hydrogen) atoms. The zero-order valence-corrected chi connectivity index (χ0v) is 19.8. The molecule has 172 valence electrons. The maximum absolute atomic E-state index is 12.5. The van der Waals surface area contributed by atoms with Crippen LogP contribution in [0, 0.1) is 13.8 Å². The highest BCUT2D eigenvalue weighted by Gasteiger charge is 2.36. The van der Waals surface area contributed by atoms with Crippen LogP contribution in [-0.4, -0.2) is 18.2 Å². The van der Waals surface area contributed by atoms with Crippen LogP contribution in [0.1, 0.15) is 50.2 Å². The first-order chi connectivity index (χ1) is 16.0. The number of hydrogen-bond donors (Lipinski definition) is 0. The number of aryl methyl sites for hydroxylation is 2. The predicted octanol–water partition coefficient (Wildman–Crippen LogP) is 7.42. The number of carbonyl (C=O) groups excluding carboxylic acids is 1. The van der Waals surface area contributed by atoms with E-state index in [0.717, 1.165) is 66.0 Å². The first-order valence-electron chi connectivity index (χ1n) is 11.9. The minimum atomic E-state index is -0.291. The van der Waals surface area contributed by atoms with Gasteiger partial charge in [0, 0.05) is 17.1 Å². The van der Waals surface area contributed by atoms with Gasteiger partial charge >= 0.3 is 5.97 Å². The van der Waals surface area contributed by atoms with E-state index in [0.29, 0.717) is 0 Å². The maximum atomic E-state index is 12.5. The number of ether oxygens (including phenoxy) is 2. The molecule has 1 aliphatic carbocycles. The van der Waals surface area contributed by atoms with Gasteiger partial charge in [0.05, 0.1) is 0 Å². The Hall–Kier alpha value is -3.27. The van der Waals surface area contributed by atoms with Crippen LogP contribution in [0.4, 0.5) is 17.1 Å². The Balaban J connectivity index is 1.55. The van der Waals surface area contributed by atoms with Gasteiger partial charge in [0.2, 0.25) is 0 Å². The van der Waals surface area contributed by atoms with Crippen molar-refractivity contribution in [1.82, 2.24) is 0 Å². The van der Waals surface area contributed by atoms with Crippen LogP contribution in [0.15, 0.2) is 72.8 Å². The molecule has 0 aliphatic heterocycles. The lowest BCUT2D eigenvalue weighted by Crippen LogP contribution is -2.33. The minimum absolute atomic E-state index is 0.0656. The molecule has 0 heterocycles. The SMILES string of the molecule is CCC1(OC(=O)COc2c(C)cc(N(c3ccccc3)c3ccccc3)cc2C)CCCC1. The van der Waals surface area contributed by atoms with Crippen molar-refractivity contribution in [2.45, 2.75) is 58.5 Å². The zero-order chi connectivity index (χ0) is 23.3. The molecule has 1 saturated carbocycles. The molecule has 3 aromatic carbocycles. The van der Waals surface area contributed by atoms with Crippen molar-refractivity contribution in [1.29, 1.82) is 0 Å². The first-order valence-corrected chi connectivity index (χ1v) is 11.9. The second-order valence-corrected chi connectivity index (χ2v) is 8.92. The van der Waals surface area contributed by atoms with Crippen molar-refractivity contribution in [3.8, 4) is 5.75 Å². The van der Waals surface area contributed by atoms with Crippen LogP contribution >= 0.6 is 0 Å². The predicted molar refractivity (Wildman–Crippen MR) is 134 cm³/mol. The first kappa shape index (κ1) is 22.9. The minimum Gasteiger partial charge on any atom is -0.481 e. The number of esters is 1. The van der Waals surface area contributed by atoms with Gasteiger partial charge in [-0.1, -0.05) is 43.3 Å². The van der Waals surface area contributed by atoms with Crippen molar-refractivity contribution in [2.24, 2.45) is 0 Å². The van der Waals surface area contributed by atoms with E-state index < -0.39 is 0 Å². The standard InChI is InChI=1S/C29H33NO3/c1-4-29(17-11-12-18-29)33-27(31)21-32-28-22(2)19-26(20-23(28)3)30(24-13-7-5-8-14-24)25-15-9-6-10-16-25/h5-10,13-16,19-20H,4,11-12,17-18,21H2,1-3H3. The van der Waals surface area contributed by atoms with Crippen LogP contribution in [-0.2, 0) is 9.53 Å². The summed E-state index contributed by atoms with van der Waals surface area (Å²) in [5.41, 5.74) is 4.90. The Labute approximate surface area is 197 Å². The Morgan fingerprint density at radius 2 is 1.36 bits per heavy atom. The summed E-state index contributed by atoms with van der Waals surface area (Å²) in [5.74, 6) is 0.463. The number of para-hydroxylation sites is 2. The highest BCUT2D eigenvalue weighted by atomic mass is 16.6. The molecule has 4 heteroatoms. The third-order valence-electron chi connectivity index (χ3n) is 6.56. The van der Waals surface area contributed by atoms with Gasteiger partial charge in [-0.2, -0.15) is 0 Å². The van der Waals surface area contributed by atoms with Crippen molar-refractivity contribution in [2.75, 3.05) is 11.5 Å². The summed E-state index contributed by atoms with van der Waals surface area (Å²) in [6.07, 6.45) is 5.02. The normalized spacial score (nSPS) is 14.6. The molecule has 0 amide bonds. The van der Waals surface area contributed by atoms with Crippen LogP contribution in [0.2, 0.25) is 0 Å². The topological polar surface area (TPSA) is 38.8 Å². The summed E-state index contributed by atoms with van der Waals surface area (Å²) < 4.78 is 11.8. The van der Waals surface area contributed by atoms with Gasteiger partial charge in [-0.3, -0.25) is 0 Å². The molecule has 0 spiro atoms. The number of hydrogen-bond acceptors (Lipinski definition) is 4. The third kappa shape index (κ3) is 5.22. The Morgan fingerprint density at radius 3 is 1.85 bits per heavy atom. The fourth-order valence-corrected chi connectivity index (χ4v) is 4.83. The molecule has 0 N–H and O–H groups in total. The smallest absolute Gasteiger partial charge is 0.344 e. The Morgan fingerprint density at radius 1 is 0.848 bits per heavy atom. The summed E-state index contributed by atoms with van der Waals surface area (Å²) >= 11 is 0. The van der Waals surface area contributed by atoms with E-state index in [4.69, 9.17) is 9.47 Å². The highest BCUT2D eigenvalue weighted by molar-refractivity contribution is 5.78. The second kappa shape index (κ2) is 10.1. The molecule has 1 fully saturated rings. The number of rotatable bonds is 8. The van der Waals surface area contributed by atoms with Crippen LogP contribution in [0.5, 0.6) is 5.75 Å². The molecule has 0 atom stereocenters. The van der Waals surface area contributed by atoms with Gasteiger partial charge in [0.25, 0.3) is 0 Å². The molecule has 0 saturated heterocycles. The maximum Gasteiger partial charge on any atom is 0.344 e.